The van der Waals surface area contributed by atoms with Crippen molar-refractivity contribution in [3.05, 3.63) is 99.6 Å². The van der Waals surface area contributed by atoms with Crippen molar-refractivity contribution in [1.82, 2.24) is 0 Å². The van der Waals surface area contributed by atoms with Crippen LogP contribution in [0.1, 0.15) is 16.7 Å². The van der Waals surface area contributed by atoms with Gasteiger partial charge in [-0.3, -0.25) is 24.5 Å². The van der Waals surface area contributed by atoms with Crippen LogP contribution < -0.4 is 15.1 Å². The van der Waals surface area contributed by atoms with Gasteiger partial charge in [-0.25, -0.2) is 4.90 Å². The standard InChI is InChI=1S/C29H24N4O5/c1-16-7-13-21(17(2)15-16)32-28(35)24-23-14-8-18-5-3-4-6-22(18)31(23)26(25(24)29(32)36)27(34)30-19-9-11-20(12-10-19)33(37)38/h3-15,23-26H,1-2H3,(H,30,34)/t23-,24-,25-,26+/m1/s1. The van der Waals surface area contributed by atoms with Gasteiger partial charge in [0.05, 0.1) is 28.5 Å². The van der Waals surface area contributed by atoms with Crippen LogP contribution in [-0.4, -0.2) is 34.7 Å². The number of non-ortho nitro benzene ring substituents is 1. The molecule has 0 radical (unpaired) electrons. The molecule has 3 aliphatic rings. The number of nitrogens with one attached hydrogen (secondary N) is 1. The van der Waals surface area contributed by atoms with Crippen molar-refractivity contribution < 1.29 is 19.3 Å². The Balaban J connectivity index is 1.42. The molecule has 6 rings (SSSR count). The highest BCUT2D eigenvalue weighted by Crippen LogP contribution is 2.49. The number of benzene rings is 3. The maximum atomic E-state index is 14.0. The zero-order valence-corrected chi connectivity index (χ0v) is 20.7. The van der Waals surface area contributed by atoms with Gasteiger partial charge < -0.3 is 10.2 Å². The highest BCUT2D eigenvalue weighted by atomic mass is 16.6. The molecule has 3 aromatic carbocycles. The van der Waals surface area contributed by atoms with Crippen LogP contribution >= 0.6 is 0 Å². The number of nitro benzene ring substituents is 1. The molecule has 0 aromatic heterocycles. The summed E-state index contributed by atoms with van der Waals surface area (Å²) in [5.74, 6) is -2.82. The molecule has 3 heterocycles. The maximum absolute atomic E-state index is 14.0. The van der Waals surface area contributed by atoms with Gasteiger partial charge in [0.2, 0.25) is 17.7 Å². The lowest BCUT2D eigenvalue weighted by atomic mass is 9.88. The van der Waals surface area contributed by atoms with E-state index in [4.69, 9.17) is 0 Å². The maximum Gasteiger partial charge on any atom is 0.269 e. The number of amides is 3. The summed E-state index contributed by atoms with van der Waals surface area (Å²) in [6.07, 6.45) is 3.83. The number of para-hydroxylation sites is 1. The Bertz CT molecular complexity index is 1550. The van der Waals surface area contributed by atoms with Crippen molar-refractivity contribution in [2.75, 3.05) is 15.1 Å². The fourth-order valence-electron chi connectivity index (χ4n) is 5.99. The zero-order chi connectivity index (χ0) is 26.7. The van der Waals surface area contributed by atoms with E-state index in [0.717, 1.165) is 22.4 Å². The first-order valence-corrected chi connectivity index (χ1v) is 12.3. The van der Waals surface area contributed by atoms with Crippen molar-refractivity contribution in [3.8, 4) is 0 Å². The lowest BCUT2D eigenvalue weighted by molar-refractivity contribution is -0.384. The van der Waals surface area contributed by atoms with Crippen LogP contribution in [0.3, 0.4) is 0 Å². The summed E-state index contributed by atoms with van der Waals surface area (Å²) < 4.78 is 0. The molecule has 3 aromatic rings. The van der Waals surface area contributed by atoms with Gasteiger partial charge in [-0.2, -0.15) is 0 Å². The first-order valence-electron chi connectivity index (χ1n) is 12.3. The number of imide groups is 1. The second-order valence-corrected chi connectivity index (χ2v) is 9.91. The second-order valence-electron chi connectivity index (χ2n) is 9.91. The molecular weight excluding hydrogens is 484 g/mol. The normalized spacial score (nSPS) is 23.2. The summed E-state index contributed by atoms with van der Waals surface area (Å²) in [5, 5.41) is 13.9. The van der Waals surface area contributed by atoms with Gasteiger partial charge in [0.25, 0.3) is 5.69 Å². The third-order valence-electron chi connectivity index (χ3n) is 7.62. The highest BCUT2D eigenvalue weighted by Gasteiger charge is 2.64. The number of anilines is 3. The summed E-state index contributed by atoms with van der Waals surface area (Å²) in [6, 6.07) is 17.2. The monoisotopic (exact) mass is 508 g/mol. The summed E-state index contributed by atoms with van der Waals surface area (Å²) in [5.41, 5.74) is 4.29. The van der Waals surface area contributed by atoms with E-state index in [2.05, 4.69) is 5.32 Å². The Morgan fingerprint density at radius 3 is 2.34 bits per heavy atom. The molecule has 9 heteroatoms. The molecule has 2 saturated heterocycles. The molecular formula is C29H24N4O5. The van der Waals surface area contributed by atoms with Crippen molar-refractivity contribution in [2.24, 2.45) is 11.8 Å². The minimum absolute atomic E-state index is 0.0974. The highest BCUT2D eigenvalue weighted by molar-refractivity contribution is 6.25. The molecule has 38 heavy (non-hydrogen) atoms. The van der Waals surface area contributed by atoms with Gasteiger partial charge in [-0.05, 0) is 49.2 Å². The Labute approximate surface area is 218 Å². The number of rotatable bonds is 4. The predicted octanol–water partition coefficient (Wildman–Crippen LogP) is 4.24. The van der Waals surface area contributed by atoms with E-state index >= 15 is 0 Å². The summed E-state index contributed by atoms with van der Waals surface area (Å²) in [4.78, 5) is 55.3. The molecule has 0 bridgehead atoms. The number of nitrogens with zero attached hydrogens (tertiary/aromatic N) is 3. The van der Waals surface area contributed by atoms with Crippen LogP contribution in [0, 0.1) is 35.8 Å². The fraction of sp³-hybridized carbons (Fsp3) is 0.207. The van der Waals surface area contributed by atoms with Crippen LogP contribution in [0.15, 0.2) is 72.8 Å². The van der Waals surface area contributed by atoms with Crippen molar-refractivity contribution in [1.29, 1.82) is 0 Å². The molecule has 1 N–H and O–H groups in total. The van der Waals surface area contributed by atoms with Gasteiger partial charge in [-0.15, -0.1) is 0 Å². The van der Waals surface area contributed by atoms with E-state index in [-0.39, 0.29) is 11.6 Å². The van der Waals surface area contributed by atoms with Crippen LogP contribution in [0.25, 0.3) is 6.08 Å². The lowest BCUT2D eigenvalue weighted by Gasteiger charge is -2.36. The third-order valence-corrected chi connectivity index (χ3v) is 7.62. The smallest absolute Gasteiger partial charge is 0.269 e. The predicted molar refractivity (Wildman–Crippen MR) is 143 cm³/mol. The minimum atomic E-state index is -0.960. The van der Waals surface area contributed by atoms with Crippen LogP contribution in [0.5, 0.6) is 0 Å². The average Bonchev–Trinajstić information content (AvgIpc) is 3.37. The Hall–Kier alpha value is -4.79. The summed E-state index contributed by atoms with van der Waals surface area (Å²) >= 11 is 0. The van der Waals surface area contributed by atoms with E-state index < -0.39 is 40.7 Å². The van der Waals surface area contributed by atoms with Gasteiger partial charge in [-0.1, -0.05) is 48.0 Å². The van der Waals surface area contributed by atoms with E-state index in [1.54, 1.807) is 6.07 Å². The number of carbonyl (C=O) groups excluding carboxylic acids is 3. The number of carbonyl (C=O) groups is 3. The first-order chi connectivity index (χ1) is 18.3. The third kappa shape index (κ3) is 3.50. The van der Waals surface area contributed by atoms with Crippen molar-refractivity contribution in [2.45, 2.75) is 25.9 Å². The fourth-order valence-corrected chi connectivity index (χ4v) is 5.99. The number of fused-ring (bicyclic) bond motifs is 5. The number of hydrogen-bond acceptors (Lipinski definition) is 6. The number of nitro groups is 1. The first kappa shape index (κ1) is 23.6. The molecule has 0 unspecified atom stereocenters. The Morgan fingerprint density at radius 1 is 0.921 bits per heavy atom. The molecule has 2 fully saturated rings. The van der Waals surface area contributed by atoms with Gasteiger partial charge in [0, 0.05) is 23.5 Å². The van der Waals surface area contributed by atoms with E-state index in [9.17, 15) is 24.5 Å². The van der Waals surface area contributed by atoms with Gasteiger partial charge in [0.1, 0.15) is 6.04 Å². The Morgan fingerprint density at radius 2 is 1.63 bits per heavy atom. The SMILES string of the molecule is Cc1ccc(N2C(=O)[C@@H]3[C@H](C2=O)[C@H]2C=Cc4ccccc4N2[C@@H]3C(=O)Nc2ccc([N+](=O)[O-])cc2)c(C)c1. The van der Waals surface area contributed by atoms with E-state index in [0.29, 0.717) is 11.4 Å². The molecule has 9 nitrogen and oxygen atoms in total. The summed E-state index contributed by atoms with van der Waals surface area (Å²) in [7, 11) is 0. The van der Waals surface area contributed by atoms with Crippen molar-refractivity contribution in [3.63, 3.8) is 0 Å². The second kappa shape index (κ2) is 8.65. The van der Waals surface area contributed by atoms with E-state index in [1.165, 1.54) is 29.2 Å². The van der Waals surface area contributed by atoms with Gasteiger partial charge in [0.15, 0.2) is 0 Å². The molecule has 0 aliphatic carbocycles. The zero-order valence-electron chi connectivity index (χ0n) is 20.7. The van der Waals surface area contributed by atoms with Gasteiger partial charge >= 0.3 is 0 Å². The van der Waals surface area contributed by atoms with Crippen LogP contribution in [0.2, 0.25) is 0 Å². The molecule has 190 valence electrons. The molecule has 4 atom stereocenters. The topological polar surface area (TPSA) is 113 Å². The quantitative estimate of drug-likeness (QED) is 0.320. The molecule has 3 amide bonds. The molecule has 0 saturated carbocycles. The van der Waals surface area contributed by atoms with E-state index in [1.807, 2.05) is 67.3 Å². The summed E-state index contributed by atoms with van der Waals surface area (Å²) in [6.45, 7) is 3.80. The van der Waals surface area contributed by atoms with Crippen LogP contribution in [-0.2, 0) is 14.4 Å². The molecule has 0 spiro atoms. The minimum Gasteiger partial charge on any atom is -0.351 e. The average molecular weight is 509 g/mol. The number of hydrogen-bond donors (Lipinski definition) is 1. The lowest BCUT2D eigenvalue weighted by Crippen LogP contribution is -2.50. The largest absolute Gasteiger partial charge is 0.351 e. The number of aryl methyl sites for hydroxylation is 2. The Kier molecular flexibility index (Phi) is 5.37. The molecule has 3 aliphatic heterocycles. The van der Waals surface area contributed by atoms with Crippen molar-refractivity contribution >= 4 is 46.5 Å². The van der Waals surface area contributed by atoms with Crippen LogP contribution in [0.4, 0.5) is 22.7 Å².